The predicted octanol–water partition coefficient (Wildman–Crippen LogP) is 4.55. The molecule has 30 heavy (non-hydrogen) atoms. The molecule has 2 aromatic carbocycles. The van der Waals surface area contributed by atoms with Gasteiger partial charge in [0.25, 0.3) is 0 Å². The molecule has 0 N–H and O–H groups in total. The summed E-state index contributed by atoms with van der Waals surface area (Å²) in [5, 5.41) is 4.25. The van der Waals surface area contributed by atoms with Crippen LogP contribution >= 0.6 is 0 Å². The molecule has 2 aromatic rings. The molecule has 0 aromatic heterocycles. The second-order valence-corrected chi connectivity index (χ2v) is 8.03. The summed E-state index contributed by atoms with van der Waals surface area (Å²) >= 11 is 0. The van der Waals surface area contributed by atoms with Gasteiger partial charge in [0.2, 0.25) is 5.91 Å². The van der Waals surface area contributed by atoms with Crippen LogP contribution in [0.2, 0.25) is 0 Å². The Bertz CT molecular complexity index is 907. The highest BCUT2D eigenvalue weighted by Gasteiger charge is 2.31. The van der Waals surface area contributed by atoms with Crippen molar-refractivity contribution < 1.29 is 18.8 Å². The zero-order valence-electron chi connectivity index (χ0n) is 17.2. The SMILES string of the molecule is COc1ccc(C2=NO[C@@H](CN(Cc3cccc(F)c3)C(=O)C3CCCC3)C2)cc1. The Kier molecular flexibility index (Phi) is 6.31. The molecule has 1 atom stereocenters. The summed E-state index contributed by atoms with van der Waals surface area (Å²) < 4.78 is 18.9. The third-order valence-electron chi connectivity index (χ3n) is 5.86. The van der Waals surface area contributed by atoms with Crippen molar-refractivity contribution in [3.8, 4) is 5.75 Å². The van der Waals surface area contributed by atoms with Crippen LogP contribution in [0.1, 0.15) is 43.2 Å². The van der Waals surface area contributed by atoms with Gasteiger partial charge in [-0.2, -0.15) is 0 Å². The third kappa shape index (κ3) is 4.81. The Morgan fingerprint density at radius 3 is 2.67 bits per heavy atom. The molecular weight excluding hydrogens is 383 g/mol. The highest BCUT2D eigenvalue weighted by Crippen LogP contribution is 2.28. The Labute approximate surface area is 176 Å². The zero-order chi connectivity index (χ0) is 20.9. The van der Waals surface area contributed by atoms with Crippen LogP contribution in [-0.4, -0.2) is 36.3 Å². The van der Waals surface area contributed by atoms with Gasteiger partial charge in [-0.1, -0.05) is 30.1 Å². The van der Waals surface area contributed by atoms with Gasteiger partial charge in [0.15, 0.2) is 6.10 Å². The van der Waals surface area contributed by atoms with Gasteiger partial charge in [-0.3, -0.25) is 4.79 Å². The number of rotatable bonds is 7. The van der Waals surface area contributed by atoms with Crippen LogP contribution in [0.5, 0.6) is 5.75 Å². The van der Waals surface area contributed by atoms with Gasteiger partial charge < -0.3 is 14.5 Å². The number of benzene rings is 2. The van der Waals surface area contributed by atoms with E-state index in [2.05, 4.69) is 5.16 Å². The number of halogens is 1. The molecule has 0 radical (unpaired) electrons. The Morgan fingerprint density at radius 1 is 1.20 bits per heavy atom. The molecule has 158 valence electrons. The van der Waals surface area contributed by atoms with Crippen LogP contribution in [0.15, 0.2) is 53.7 Å². The predicted molar refractivity (Wildman–Crippen MR) is 113 cm³/mol. The van der Waals surface area contributed by atoms with Crippen molar-refractivity contribution in [2.45, 2.75) is 44.8 Å². The fourth-order valence-corrected chi connectivity index (χ4v) is 4.25. The van der Waals surface area contributed by atoms with Crippen LogP contribution in [0.4, 0.5) is 4.39 Å². The van der Waals surface area contributed by atoms with Crippen molar-refractivity contribution >= 4 is 11.6 Å². The summed E-state index contributed by atoms with van der Waals surface area (Å²) in [4.78, 5) is 20.7. The molecule has 5 nitrogen and oxygen atoms in total. The quantitative estimate of drug-likeness (QED) is 0.673. The van der Waals surface area contributed by atoms with E-state index >= 15 is 0 Å². The van der Waals surface area contributed by atoms with Crippen molar-refractivity contribution in [2.75, 3.05) is 13.7 Å². The highest BCUT2D eigenvalue weighted by atomic mass is 19.1. The minimum absolute atomic E-state index is 0.0574. The maximum atomic E-state index is 13.7. The van der Waals surface area contributed by atoms with E-state index in [0.29, 0.717) is 19.5 Å². The molecule has 1 heterocycles. The summed E-state index contributed by atoms with van der Waals surface area (Å²) in [6.45, 7) is 0.819. The molecule has 0 bridgehead atoms. The highest BCUT2D eigenvalue weighted by molar-refractivity contribution is 6.01. The fraction of sp³-hybridized carbons (Fsp3) is 0.417. The normalized spacial score (nSPS) is 18.7. The average molecular weight is 410 g/mol. The Morgan fingerprint density at radius 2 is 1.97 bits per heavy atom. The summed E-state index contributed by atoms with van der Waals surface area (Å²) in [5.41, 5.74) is 2.63. The molecule has 1 amide bonds. The van der Waals surface area contributed by atoms with Gasteiger partial charge in [-0.05, 0) is 60.4 Å². The maximum absolute atomic E-state index is 13.7. The standard InChI is InChI=1S/C24H27FN2O3/c1-29-21-11-9-18(10-12-21)23-14-22(30-26-23)16-27(24(28)19-6-2-3-7-19)15-17-5-4-8-20(25)13-17/h4-5,8-13,19,22H,2-3,6-7,14-16H2,1H3/t22-/m1/s1. The first-order valence-corrected chi connectivity index (χ1v) is 10.5. The molecule has 1 saturated carbocycles. The minimum Gasteiger partial charge on any atom is -0.497 e. The monoisotopic (exact) mass is 410 g/mol. The first-order chi connectivity index (χ1) is 14.6. The van der Waals surface area contributed by atoms with Crippen molar-refractivity contribution in [1.29, 1.82) is 0 Å². The van der Waals surface area contributed by atoms with Crippen LogP contribution in [0.25, 0.3) is 0 Å². The minimum atomic E-state index is -0.289. The molecule has 0 saturated heterocycles. The van der Waals surface area contributed by atoms with Gasteiger partial charge in [0, 0.05) is 18.9 Å². The number of nitrogens with zero attached hydrogens (tertiary/aromatic N) is 2. The summed E-state index contributed by atoms with van der Waals surface area (Å²) in [5.74, 6) is 0.696. The number of methoxy groups -OCH3 is 1. The molecule has 0 unspecified atom stereocenters. The van der Waals surface area contributed by atoms with E-state index in [9.17, 15) is 9.18 Å². The number of carbonyl (C=O) groups excluding carboxylic acids is 1. The van der Waals surface area contributed by atoms with Crippen LogP contribution < -0.4 is 4.74 Å². The number of hydrogen-bond donors (Lipinski definition) is 0. The van der Waals surface area contributed by atoms with E-state index in [4.69, 9.17) is 9.57 Å². The first kappa shape index (κ1) is 20.4. The molecule has 6 heteroatoms. The van der Waals surface area contributed by atoms with Gasteiger partial charge >= 0.3 is 0 Å². The molecule has 1 aliphatic heterocycles. The van der Waals surface area contributed by atoms with Crippen molar-refractivity contribution in [2.24, 2.45) is 11.1 Å². The first-order valence-electron chi connectivity index (χ1n) is 10.5. The lowest BCUT2D eigenvalue weighted by Crippen LogP contribution is -2.40. The van der Waals surface area contributed by atoms with E-state index in [1.165, 1.54) is 12.1 Å². The van der Waals surface area contributed by atoms with Gasteiger partial charge in [-0.25, -0.2) is 4.39 Å². The Balaban J connectivity index is 1.44. The van der Waals surface area contributed by atoms with Gasteiger partial charge in [-0.15, -0.1) is 0 Å². The van der Waals surface area contributed by atoms with E-state index in [-0.39, 0.29) is 23.7 Å². The van der Waals surface area contributed by atoms with E-state index in [0.717, 1.165) is 48.3 Å². The Hall–Kier alpha value is -2.89. The van der Waals surface area contributed by atoms with Crippen LogP contribution in [0, 0.1) is 11.7 Å². The number of hydrogen-bond acceptors (Lipinski definition) is 4. The number of oxime groups is 1. The largest absolute Gasteiger partial charge is 0.497 e. The maximum Gasteiger partial charge on any atom is 0.226 e. The van der Waals surface area contributed by atoms with E-state index in [1.54, 1.807) is 13.2 Å². The smallest absolute Gasteiger partial charge is 0.226 e. The van der Waals surface area contributed by atoms with Gasteiger partial charge in [0.1, 0.15) is 11.6 Å². The van der Waals surface area contributed by atoms with E-state index < -0.39 is 0 Å². The molecule has 0 spiro atoms. The van der Waals surface area contributed by atoms with Crippen LogP contribution in [-0.2, 0) is 16.2 Å². The second kappa shape index (κ2) is 9.28. The third-order valence-corrected chi connectivity index (χ3v) is 5.86. The summed E-state index contributed by atoms with van der Waals surface area (Å²) in [6.07, 6.45) is 4.46. The van der Waals surface area contributed by atoms with Gasteiger partial charge in [0.05, 0.1) is 19.4 Å². The molecule has 4 rings (SSSR count). The summed E-state index contributed by atoms with van der Waals surface area (Å²) in [7, 11) is 1.63. The zero-order valence-corrected chi connectivity index (χ0v) is 17.2. The lowest BCUT2D eigenvalue weighted by molar-refractivity contribution is -0.137. The van der Waals surface area contributed by atoms with Crippen molar-refractivity contribution in [3.63, 3.8) is 0 Å². The molecule has 1 fully saturated rings. The number of carbonyl (C=O) groups is 1. The molecule has 2 aliphatic rings. The lowest BCUT2D eigenvalue weighted by atomic mass is 10.0. The lowest BCUT2D eigenvalue weighted by Gasteiger charge is -2.27. The summed E-state index contributed by atoms with van der Waals surface area (Å²) in [6, 6.07) is 14.1. The van der Waals surface area contributed by atoms with Crippen LogP contribution in [0.3, 0.4) is 0 Å². The van der Waals surface area contributed by atoms with E-state index in [1.807, 2.05) is 35.2 Å². The fourth-order valence-electron chi connectivity index (χ4n) is 4.25. The average Bonchev–Trinajstić information content (AvgIpc) is 3.45. The van der Waals surface area contributed by atoms with Crippen molar-refractivity contribution in [1.82, 2.24) is 4.90 Å². The number of ether oxygens (including phenoxy) is 1. The topological polar surface area (TPSA) is 51.1 Å². The second-order valence-electron chi connectivity index (χ2n) is 8.03. The number of amides is 1. The molecule has 1 aliphatic carbocycles. The van der Waals surface area contributed by atoms with Crippen molar-refractivity contribution in [3.05, 3.63) is 65.5 Å². The molecular formula is C24H27FN2O3.